The summed E-state index contributed by atoms with van der Waals surface area (Å²) in [6.07, 6.45) is -0.0190. The molecular weight excluding hydrogens is 277 g/mol. The van der Waals surface area contributed by atoms with Crippen molar-refractivity contribution in [2.45, 2.75) is 20.0 Å². The van der Waals surface area contributed by atoms with Gasteiger partial charge >= 0.3 is 7.60 Å². The standard InChI is InChI=1S/C14H18NO4P/c1-3-18-20(17,19-4-2)10-12-9-11-7-5-6-8-13(11)15-14(12)16/h5-9H,3-4,10H2,1-2H3,(H,15,16). The molecule has 1 N–H and O–H groups in total. The first-order valence-corrected chi connectivity index (χ1v) is 8.30. The van der Waals surface area contributed by atoms with E-state index in [-0.39, 0.29) is 24.9 Å². The van der Waals surface area contributed by atoms with Crippen LogP contribution in [0.5, 0.6) is 0 Å². The van der Waals surface area contributed by atoms with Crippen LogP contribution in [0.1, 0.15) is 19.4 Å². The van der Waals surface area contributed by atoms with E-state index in [1.807, 2.05) is 24.3 Å². The number of H-pyrrole nitrogens is 1. The highest BCUT2D eigenvalue weighted by atomic mass is 31.2. The third-order valence-corrected chi connectivity index (χ3v) is 4.88. The minimum absolute atomic E-state index is 0.0190. The van der Waals surface area contributed by atoms with Crippen LogP contribution in [-0.2, 0) is 19.8 Å². The predicted molar refractivity (Wildman–Crippen MR) is 79.1 cm³/mol. The second kappa shape index (κ2) is 6.35. The zero-order valence-electron chi connectivity index (χ0n) is 11.6. The van der Waals surface area contributed by atoms with Gasteiger partial charge in [-0.05, 0) is 31.4 Å². The molecule has 108 valence electrons. The Morgan fingerprint density at radius 1 is 1.15 bits per heavy atom. The lowest BCUT2D eigenvalue weighted by molar-refractivity contribution is 0.219. The third-order valence-electron chi connectivity index (χ3n) is 2.85. The molecule has 2 aromatic rings. The fourth-order valence-corrected chi connectivity index (χ4v) is 3.74. The second-order valence-corrected chi connectivity index (χ2v) is 6.37. The monoisotopic (exact) mass is 295 g/mol. The van der Waals surface area contributed by atoms with Gasteiger partial charge in [-0.2, -0.15) is 0 Å². The molecule has 2 rings (SSSR count). The molecule has 0 atom stereocenters. The lowest BCUT2D eigenvalue weighted by Crippen LogP contribution is -2.13. The average Bonchev–Trinajstić information content (AvgIpc) is 2.40. The van der Waals surface area contributed by atoms with E-state index >= 15 is 0 Å². The van der Waals surface area contributed by atoms with Crippen LogP contribution in [0.4, 0.5) is 0 Å². The van der Waals surface area contributed by atoms with E-state index in [0.717, 1.165) is 10.9 Å². The Labute approximate surface area is 117 Å². The van der Waals surface area contributed by atoms with Crippen molar-refractivity contribution in [2.75, 3.05) is 13.2 Å². The summed E-state index contributed by atoms with van der Waals surface area (Å²) in [6, 6.07) is 9.18. The molecule has 1 heterocycles. The Bertz CT molecular complexity index is 685. The summed E-state index contributed by atoms with van der Waals surface area (Å²) in [6.45, 7) is 4.05. The highest BCUT2D eigenvalue weighted by Gasteiger charge is 2.25. The minimum atomic E-state index is -3.27. The first-order chi connectivity index (χ1) is 9.58. The number of nitrogens with one attached hydrogen (secondary N) is 1. The Morgan fingerprint density at radius 3 is 2.45 bits per heavy atom. The molecule has 0 spiro atoms. The maximum atomic E-state index is 12.5. The van der Waals surface area contributed by atoms with E-state index in [1.54, 1.807) is 19.9 Å². The Hall–Kier alpha value is -1.42. The summed E-state index contributed by atoms with van der Waals surface area (Å²) < 4.78 is 22.9. The quantitative estimate of drug-likeness (QED) is 0.830. The van der Waals surface area contributed by atoms with Gasteiger partial charge in [0.2, 0.25) is 0 Å². The minimum Gasteiger partial charge on any atom is -0.322 e. The van der Waals surface area contributed by atoms with E-state index in [2.05, 4.69) is 4.98 Å². The number of hydrogen-bond donors (Lipinski definition) is 1. The molecule has 0 saturated carbocycles. The van der Waals surface area contributed by atoms with E-state index in [1.165, 1.54) is 0 Å². The molecule has 0 amide bonds. The zero-order valence-corrected chi connectivity index (χ0v) is 12.5. The molecule has 1 aromatic carbocycles. The van der Waals surface area contributed by atoms with Crippen molar-refractivity contribution in [1.82, 2.24) is 4.98 Å². The Balaban J connectivity index is 2.39. The first-order valence-electron chi connectivity index (χ1n) is 6.57. The number of benzene rings is 1. The van der Waals surface area contributed by atoms with E-state index in [9.17, 15) is 9.36 Å². The van der Waals surface area contributed by atoms with Crippen LogP contribution in [0.15, 0.2) is 35.1 Å². The Kier molecular flexibility index (Phi) is 4.76. The third kappa shape index (κ3) is 3.37. The molecule has 6 heteroatoms. The highest BCUT2D eigenvalue weighted by Crippen LogP contribution is 2.50. The summed E-state index contributed by atoms with van der Waals surface area (Å²) in [7, 11) is -3.27. The first kappa shape index (κ1) is 15.0. The fraction of sp³-hybridized carbons (Fsp3) is 0.357. The van der Waals surface area contributed by atoms with Crippen molar-refractivity contribution in [1.29, 1.82) is 0 Å². The van der Waals surface area contributed by atoms with Gasteiger partial charge in [0.1, 0.15) is 0 Å². The summed E-state index contributed by atoms with van der Waals surface area (Å²) in [5.74, 6) is 0. The van der Waals surface area contributed by atoms with Gasteiger partial charge < -0.3 is 14.0 Å². The fourth-order valence-electron chi connectivity index (χ4n) is 2.04. The lowest BCUT2D eigenvalue weighted by atomic mass is 10.2. The lowest BCUT2D eigenvalue weighted by Gasteiger charge is -2.16. The second-order valence-electron chi connectivity index (χ2n) is 4.32. The number of pyridine rings is 1. The number of fused-ring (bicyclic) bond motifs is 1. The maximum absolute atomic E-state index is 12.5. The largest absolute Gasteiger partial charge is 0.335 e. The zero-order chi connectivity index (χ0) is 14.6. The van der Waals surface area contributed by atoms with Crippen molar-refractivity contribution < 1.29 is 13.6 Å². The van der Waals surface area contributed by atoms with E-state index in [4.69, 9.17) is 9.05 Å². The average molecular weight is 295 g/mol. The number of rotatable bonds is 6. The van der Waals surface area contributed by atoms with Gasteiger partial charge in [-0.3, -0.25) is 9.36 Å². The summed E-state index contributed by atoms with van der Waals surface area (Å²) in [4.78, 5) is 14.8. The number of para-hydroxylation sites is 1. The molecule has 0 saturated heterocycles. The topological polar surface area (TPSA) is 68.4 Å². The van der Waals surface area contributed by atoms with Gasteiger partial charge in [0.15, 0.2) is 0 Å². The molecule has 0 aliphatic carbocycles. The summed E-state index contributed by atoms with van der Waals surface area (Å²) in [5.41, 5.74) is 0.904. The van der Waals surface area contributed by atoms with Gasteiger partial charge in [-0.25, -0.2) is 0 Å². The van der Waals surface area contributed by atoms with Crippen LogP contribution in [0.25, 0.3) is 10.9 Å². The van der Waals surface area contributed by atoms with Gasteiger partial charge in [0.05, 0.1) is 19.4 Å². The van der Waals surface area contributed by atoms with E-state index in [0.29, 0.717) is 5.56 Å². The molecule has 0 radical (unpaired) electrons. The van der Waals surface area contributed by atoms with Crippen LogP contribution in [0.2, 0.25) is 0 Å². The van der Waals surface area contributed by atoms with Crippen LogP contribution < -0.4 is 5.56 Å². The molecule has 5 nitrogen and oxygen atoms in total. The van der Waals surface area contributed by atoms with Gasteiger partial charge in [-0.1, -0.05) is 18.2 Å². The van der Waals surface area contributed by atoms with Gasteiger partial charge in [0, 0.05) is 11.1 Å². The van der Waals surface area contributed by atoms with Crippen LogP contribution in [0, 0.1) is 0 Å². The number of aromatic nitrogens is 1. The van der Waals surface area contributed by atoms with E-state index < -0.39 is 7.60 Å². The van der Waals surface area contributed by atoms with Crippen molar-refractivity contribution in [2.24, 2.45) is 0 Å². The number of hydrogen-bond acceptors (Lipinski definition) is 4. The van der Waals surface area contributed by atoms with Crippen LogP contribution in [0.3, 0.4) is 0 Å². The molecule has 0 bridgehead atoms. The van der Waals surface area contributed by atoms with Crippen molar-refractivity contribution in [3.05, 3.63) is 46.2 Å². The smallest absolute Gasteiger partial charge is 0.322 e. The van der Waals surface area contributed by atoms with Gasteiger partial charge in [0.25, 0.3) is 5.56 Å². The van der Waals surface area contributed by atoms with Crippen molar-refractivity contribution in [3.63, 3.8) is 0 Å². The van der Waals surface area contributed by atoms with Crippen LogP contribution in [-0.4, -0.2) is 18.2 Å². The van der Waals surface area contributed by atoms with Crippen molar-refractivity contribution in [3.8, 4) is 0 Å². The van der Waals surface area contributed by atoms with Crippen molar-refractivity contribution >= 4 is 18.5 Å². The molecule has 20 heavy (non-hydrogen) atoms. The van der Waals surface area contributed by atoms with Crippen LogP contribution >= 0.6 is 7.60 Å². The molecule has 1 aromatic heterocycles. The number of aromatic amines is 1. The van der Waals surface area contributed by atoms with Gasteiger partial charge in [-0.15, -0.1) is 0 Å². The highest BCUT2D eigenvalue weighted by molar-refractivity contribution is 7.53. The molecule has 0 fully saturated rings. The summed E-state index contributed by atoms with van der Waals surface area (Å²) in [5, 5.41) is 0.890. The molecular formula is C14H18NO4P. The maximum Gasteiger partial charge on any atom is 0.335 e. The molecule has 0 aliphatic rings. The molecule has 0 unspecified atom stereocenters. The SMILES string of the molecule is CCOP(=O)(Cc1cc2ccccc2[nH]c1=O)OCC. The predicted octanol–water partition coefficient (Wildman–Crippen LogP) is 3.29. The summed E-state index contributed by atoms with van der Waals surface area (Å²) >= 11 is 0. The normalized spacial score (nSPS) is 11.9. The molecule has 0 aliphatic heterocycles. The Morgan fingerprint density at radius 2 is 1.80 bits per heavy atom.